The molecule has 0 fully saturated rings. The summed E-state index contributed by atoms with van der Waals surface area (Å²) in [6.45, 7) is 4.35. The molecular formula is C14H16FN3. The Morgan fingerprint density at radius 1 is 1.28 bits per heavy atom. The van der Waals surface area contributed by atoms with E-state index in [1.165, 1.54) is 12.1 Å². The Morgan fingerprint density at radius 3 is 2.67 bits per heavy atom. The largest absolute Gasteiger partial charge is 0.325 e. The van der Waals surface area contributed by atoms with Crippen LogP contribution in [0.25, 0.3) is 11.4 Å². The number of rotatable bonds is 3. The van der Waals surface area contributed by atoms with Crippen molar-refractivity contribution in [2.75, 3.05) is 0 Å². The first-order chi connectivity index (χ1) is 8.65. The molecular weight excluding hydrogens is 229 g/mol. The fourth-order valence-corrected chi connectivity index (χ4v) is 2.04. The van der Waals surface area contributed by atoms with Crippen molar-refractivity contribution in [3.05, 3.63) is 47.0 Å². The van der Waals surface area contributed by atoms with Crippen molar-refractivity contribution < 1.29 is 4.39 Å². The predicted octanol–water partition coefficient (Wildman–Crippen LogP) is 2.61. The van der Waals surface area contributed by atoms with Gasteiger partial charge in [-0.1, -0.05) is 19.1 Å². The first kappa shape index (κ1) is 12.6. The van der Waals surface area contributed by atoms with E-state index < -0.39 is 0 Å². The average molecular weight is 245 g/mol. The van der Waals surface area contributed by atoms with Gasteiger partial charge in [0.25, 0.3) is 0 Å². The van der Waals surface area contributed by atoms with Crippen LogP contribution in [-0.2, 0) is 13.0 Å². The van der Waals surface area contributed by atoms with E-state index in [-0.39, 0.29) is 5.82 Å². The van der Waals surface area contributed by atoms with Crippen LogP contribution >= 0.6 is 0 Å². The molecule has 1 aromatic heterocycles. The normalized spacial score (nSPS) is 10.7. The summed E-state index contributed by atoms with van der Waals surface area (Å²) in [5.74, 6) is 0.243. The van der Waals surface area contributed by atoms with Gasteiger partial charge in [-0.2, -0.15) is 0 Å². The SMILES string of the molecule is CCc1c(C)nc(-c2cccc(F)c2)nc1CN. The van der Waals surface area contributed by atoms with Gasteiger partial charge in [-0.25, -0.2) is 14.4 Å². The zero-order chi connectivity index (χ0) is 13.1. The highest BCUT2D eigenvalue weighted by Crippen LogP contribution is 2.20. The molecule has 0 saturated carbocycles. The number of nitrogens with two attached hydrogens (primary N) is 1. The Balaban J connectivity index is 2.56. The van der Waals surface area contributed by atoms with Gasteiger partial charge in [0.2, 0.25) is 0 Å². The highest BCUT2D eigenvalue weighted by atomic mass is 19.1. The quantitative estimate of drug-likeness (QED) is 0.904. The van der Waals surface area contributed by atoms with Crippen LogP contribution in [0.3, 0.4) is 0 Å². The van der Waals surface area contributed by atoms with Crippen LogP contribution in [0.1, 0.15) is 23.9 Å². The highest BCUT2D eigenvalue weighted by molar-refractivity contribution is 5.55. The maximum absolute atomic E-state index is 13.2. The van der Waals surface area contributed by atoms with Gasteiger partial charge in [-0.3, -0.25) is 0 Å². The molecule has 0 saturated heterocycles. The molecule has 0 unspecified atom stereocenters. The van der Waals surface area contributed by atoms with Crippen molar-refractivity contribution in [2.45, 2.75) is 26.8 Å². The third-order valence-electron chi connectivity index (χ3n) is 2.93. The topological polar surface area (TPSA) is 51.8 Å². The van der Waals surface area contributed by atoms with E-state index in [4.69, 9.17) is 5.73 Å². The van der Waals surface area contributed by atoms with E-state index in [0.717, 1.165) is 23.4 Å². The molecule has 0 aliphatic carbocycles. The Labute approximate surface area is 106 Å². The summed E-state index contributed by atoms with van der Waals surface area (Å²) in [4.78, 5) is 8.86. The van der Waals surface area contributed by atoms with Crippen LogP contribution in [0.2, 0.25) is 0 Å². The number of benzene rings is 1. The number of hydrogen-bond acceptors (Lipinski definition) is 3. The minimum atomic E-state index is -0.289. The predicted molar refractivity (Wildman–Crippen MR) is 69.4 cm³/mol. The van der Waals surface area contributed by atoms with E-state index in [2.05, 4.69) is 9.97 Å². The maximum Gasteiger partial charge on any atom is 0.159 e. The second kappa shape index (κ2) is 5.23. The first-order valence-corrected chi connectivity index (χ1v) is 5.98. The molecule has 2 N–H and O–H groups in total. The van der Waals surface area contributed by atoms with Gasteiger partial charge in [0.1, 0.15) is 5.82 Å². The van der Waals surface area contributed by atoms with E-state index >= 15 is 0 Å². The van der Waals surface area contributed by atoms with Crippen molar-refractivity contribution in [1.29, 1.82) is 0 Å². The standard InChI is InChI=1S/C14H16FN3/c1-3-12-9(2)17-14(18-13(12)8-16)10-5-4-6-11(15)7-10/h4-7H,3,8,16H2,1-2H3. The van der Waals surface area contributed by atoms with Crippen LogP contribution < -0.4 is 5.73 Å². The summed E-state index contributed by atoms with van der Waals surface area (Å²) in [7, 11) is 0. The van der Waals surface area contributed by atoms with E-state index in [1.54, 1.807) is 12.1 Å². The van der Waals surface area contributed by atoms with Crippen LogP contribution in [0.5, 0.6) is 0 Å². The molecule has 0 atom stereocenters. The number of halogens is 1. The molecule has 1 heterocycles. The fourth-order valence-electron chi connectivity index (χ4n) is 2.04. The van der Waals surface area contributed by atoms with Gasteiger partial charge in [-0.05, 0) is 31.0 Å². The molecule has 4 heteroatoms. The molecule has 0 radical (unpaired) electrons. The van der Waals surface area contributed by atoms with Crippen LogP contribution in [-0.4, -0.2) is 9.97 Å². The summed E-state index contributed by atoms with van der Waals surface area (Å²) in [5.41, 5.74) is 9.21. The Hall–Kier alpha value is -1.81. The van der Waals surface area contributed by atoms with Crippen molar-refractivity contribution in [1.82, 2.24) is 9.97 Å². The molecule has 2 rings (SSSR count). The van der Waals surface area contributed by atoms with Crippen molar-refractivity contribution in [3.8, 4) is 11.4 Å². The van der Waals surface area contributed by atoms with Crippen LogP contribution in [0.15, 0.2) is 24.3 Å². The molecule has 0 aliphatic rings. The van der Waals surface area contributed by atoms with E-state index in [0.29, 0.717) is 17.9 Å². The van der Waals surface area contributed by atoms with Crippen LogP contribution in [0, 0.1) is 12.7 Å². The molecule has 3 nitrogen and oxygen atoms in total. The second-order valence-electron chi connectivity index (χ2n) is 4.13. The fraction of sp³-hybridized carbons (Fsp3) is 0.286. The van der Waals surface area contributed by atoms with Gasteiger partial charge in [0.05, 0.1) is 5.69 Å². The minimum Gasteiger partial charge on any atom is -0.325 e. The van der Waals surface area contributed by atoms with Crippen molar-refractivity contribution in [3.63, 3.8) is 0 Å². The summed E-state index contributed by atoms with van der Waals surface area (Å²) in [6.07, 6.45) is 0.849. The average Bonchev–Trinajstić information content (AvgIpc) is 2.37. The smallest absolute Gasteiger partial charge is 0.159 e. The van der Waals surface area contributed by atoms with Gasteiger partial charge in [0.15, 0.2) is 5.82 Å². The maximum atomic E-state index is 13.2. The molecule has 18 heavy (non-hydrogen) atoms. The lowest BCUT2D eigenvalue weighted by Crippen LogP contribution is -2.09. The molecule has 0 aliphatic heterocycles. The van der Waals surface area contributed by atoms with Gasteiger partial charge >= 0.3 is 0 Å². The molecule has 0 bridgehead atoms. The lowest BCUT2D eigenvalue weighted by Gasteiger charge is -2.10. The van der Waals surface area contributed by atoms with Crippen molar-refractivity contribution in [2.24, 2.45) is 5.73 Å². The zero-order valence-electron chi connectivity index (χ0n) is 10.6. The number of hydrogen-bond donors (Lipinski definition) is 1. The Morgan fingerprint density at radius 2 is 2.06 bits per heavy atom. The second-order valence-corrected chi connectivity index (χ2v) is 4.13. The monoisotopic (exact) mass is 245 g/mol. The lowest BCUT2D eigenvalue weighted by molar-refractivity contribution is 0.628. The molecule has 94 valence electrons. The third kappa shape index (κ3) is 2.38. The number of aromatic nitrogens is 2. The first-order valence-electron chi connectivity index (χ1n) is 5.98. The molecule has 0 amide bonds. The van der Waals surface area contributed by atoms with Gasteiger partial charge < -0.3 is 5.73 Å². The van der Waals surface area contributed by atoms with Crippen LogP contribution in [0.4, 0.5) is 4.39 Å². The number of aryl methyl sites for hydroxylation is 1. The summed E-state index contributed by atoms with van der Waals surface area (Å²) in [6, 6.07) is 6.28. The molecule has 0 spiro atoms. The lowest BCUT2D eigenvalue weighted by atomic mass is 10.1. The molecule has 2 aromatic rings. The Kier molecular flexibility index (Phi) is 3.67. The van der Waals surface area contributed by atoms with Gasteiger partial charge in [0, 0.05) is 17.8 Å². The van der Waals surface area contributed by atoms with Crippen molar-refractivity contribution >= 4 is 0 Å². The molecule has 1 aromatic carbocycles. The summed E-state index contributed by atoms with van der Waals surface area (Å²) >= 11 is 0. The van der Waals surface area contributed by atoms with Gasteiger partial charge in [-0.15, -0.1) is 0 Å². The summed E-state index contributed by atoms with van der Waals surface area (Å²) in [5, 5.41) is 0. The van der Waals surface area contributed by atoms with E-state index in [9.17, 15) is 4.39 Å². The highest BCUT2D eigenvalue weighted by Gasteiger charge is 2.10. The Bertz CT molecular complexity index is 567. The number of nitrogens with zero attached hydrogens (tertiary/aromatic N) is 2. The summed E-state index contributed by atoms with van der Waals surface area (Å²) < 4.78 is 13.2. The third-order valence-corrected chi connectivity index (χ3v) is 2.93. The van der Waals surface area contributed by atoms with E-state index in [1.807, 2.05) is 13.8 Å². The minimum absolute atomic E-state index is 0.289. The zero-order valence-corrected chi connectivity index (χ0v) is 10.6.